The van der Waals surface area contributed by atoms with Gasteiger partial charge in [-0.25, -0.2) is 0 Å². The van der Waals surface area contributed by atoms with Crippen LogP contribution in [0, 0.1) is 11.8 Å². The molecule has 3 rings (SSSR count). The third-order valence-electron chi connectivity index (χ3n) is 4.66. The van der Waals surface area contributed by atoms with Gasteiger partial charge in [-0.05, 0) is 42.9 Å². The summed E-state index contributed by atoms with van der Waals surface area (Å²) >= 11 is 5.95. The normalized spacial score (nSPS) is 31.0. The number of carbonyl (C=O) groups is 1. The number of aliphatic hydroxyl groups excluding tert-OH is 2. The first-order valence-corrected chi connectivity index (χ1v) is 7.93. The average molecular weight is 326 g/mol. The van der Waals surface area contributed by atoms with E-state index in [1.54, 1.807) is 17.0 Å². The van der Waals surface area contributed by atoms with Crippen molar-refractivity contribution in [3.8, 4) is 5.75 Å². The lowest BCUT2D eigenvalue weighted by Gasteiger charge is -2.35. The lowest BCUT2D eigenvalue weighted by molar-refractivity contribution is -0.133. The van der Waals surface area contributed by atoms with E-state index >= 15 is 0 Å². The molecule has 0 radical (unpaired) electrons. The number of benzene rings is 1. The quantitative estimate of drug-likeness (QED) is 0.879. The summed E-state index contributed by atoms with van der Waals surface area (Å²) in [4.78, 5) is 13.3. The highest BCUT2D eigenvalue weighted by atomic mass is 35.5. The molecule has 1 aromatic rings. The van der Waals surface area contributed by atoms with Gasteiger partial charge < -0.3 is 19.8 Å². The number of likely N-dealkylation sites (tertiary alicyclic amines) is 1. The minimum absolute atomic E-state index is 0.240. The van der Waals surface area contributed by atoms with Crippen LogP contribution in [0.2, 0.25) is 5.02 Å². The molecule has 120 valence electrons. The van der Waals surface area contributed by atoms with Crippen molar-refractivity contribution in [3.63, 3.8) is 0 Å². The lowest BCUT2D eigenvalue weighted by atomic mass is 9.78. The number of nitrogens with zero attached hydrogens (tertiary/aromatic N) is 1. The van der Waals surface area contributed by atoms with Crippen molar-refractivity contribution in [2.75, 3.05) is 19.7 Å². The van der Waals surface area contributed by atoms with Gasteiger partial charge in [0.15, 0.2) is 0 Å². The summed E-state index contributed by atoms with van der Waals surface area (Å²) in [6.45, 7) is 0.793. The number of hydrogen-bond acceptors (Lipinski definition) is 4. The Morgan fingerprint density at radius 1 is 1.32 bits per heavy atom. The van der Waals surface area contributed by atoms with E-state index in [2.05, 4.69) is 0 Å². The maximum absolute atomic E-state index is 11.6. The van der Waals surface area contributed by atoms with Crippen LogP contribution in [0.25, 0.3) is 0 Å². The van der Waals surface area contributed by atoms with Crippen LogP contribution in [0.4, 0.5) is 0 Å². The third kappa shape index (κ3) is 3.21. The molecule has 5 nitrogen and oxygen atoms in total. The molecule has 6 heteroatoms. The molecule has 22 heavy (non-hydrogen) atoms. The third-order valence-corrected chi connectivity index (χ3v) is 4.89. The molecule has 1 saturated heterocycles. The molecule has 0 unspecified atom stereocenters. The van der Waals surface area contributed by atoms with Crippen molar-refractivity contribution >= 4 is 17.5 Å². The Labute approximate surface area is 134 Å². The Morgan fingerprint density at radius 2 is 2.05 bits per heavy atom. The molecule has 1 aliphatic heterocycles. The minimum atomic E-state index is -0.551. The van der Waals surface area contributed by atoms with E-state index in [9.17, 15) is 9.90 Å². The van der Waals surface area contributed by atoms with E-state index in [-0.39, 0.29) is 17.9 Å². The minimum Gasteiger partial charge on any atom is -0.488 e. The molecule has 4 atom stereocenters. The molecule has 1 aliphatic carbocycles. The van der Waals surface area contributed by atoms with E-state index < -0.39 is 12.7 Å². The van der Waals surface area contributed by atoms with Crippen molar-refractivity contribution in [1.29, 1.82) is 0 Å². The van der Waals surface area contributed by atoms with Crippen LogP contribution in [0.5, 0.6) is 5.75 Å². The number of hydrogen-bond donors (Lipinski definition) is 2. The van der Waals surface area contributed by atoms with E-state index in [0.29, 0.717) is 42.6 Å². The van der Waals surface area contributed by atoms with Crippen molar-refractivity contribution in [3.05, 3.63) is 29.3 Å². The summed E-state index contributed by atoms with van der Waals surface area (Å²) in [7, 11) is 0. The van der Waals surface area contributed by atoms with Gasteiger partial charge in [-0.3, -0.25) is 4.79 Å². The van der Waals surface area contributed by atoms with Gasteiger partial charge in [0.25, 0.3) is 0 Å². The zero-order chi connectivity index (χ0) is 15.7. The average Bonchev–Trinajstić information content (AvgIpc) is 2.89. The summed E-state index contributed by atoms with van der Waals surface area (Å²) in [6.07, 6.45) is 0.479. The van der Waals surface area contributed by atoms with E-state index in [4.69, 9.17) is 21.4 Å². The van der Waals surface area contributed by atoms with Gasteiger partial charge in [0, 0.05) is 18.1 Å². The van der Waals surface area contributed by atoms with E-state index in [1.165, 1.54) is 0 Å². The topological polar surface area (TPSA) is 70.0 Å². The second-order valence-corrected chi connectivity index (χ2v) is 6.57. The maximum atomic E-state index is 11.6. The number of fused-ring (bicyclic) bond motifs is 1. The highest BCUT2D eigenvalue weighted by Crippen LogP contribution is 2.38. The molecule has 1 aromatic carbocycles. The smallest absolute Gasteiger partial charge is 0.248 e. The SMILES string of the molecule is O=C(CO)N1C[C@H]2C[C@@H](Oc3cccc(Cl)c3)[C@H](O)C[C@H]2C1. The number of rotatable bonds is 3. The molecule has 2 aliphatic rings. The van der Waals surface area contributed by atoms with Crippen LogP contribution in [-0.2, 0) is 4.79 Å². The predicted molar refractivity (Wildman–Crippen MR) is 81.8 cm³/mol. The zero-order valence-corrected chi connectivity index (χ0v) is 12.9. The first-order valence-electron chi connectivity index (χ1n) is 7.55. The van der Waals surface area contributed by atoms with E-state index in [1.807, 2.05) is 12.1 Å². The second-order valence-electron chi connectivity index (χ2n) is 6.13. The molecule has 1 saturated carbocycles. The highest BCUT2D eigenvalue weighted by molar-refractivity contribution is 6.30. The predicted octanol–water partition coefficient (Wildman–Crippen LogP) is 1.31. The summed E-state index contributed by atoms with van der Waals surface area (Å²) < 4.78 is 5.89. The van der Waals surface area contributed by atoms with Crippen LogP contribution in [-0.4, -0.2) is 52.9 Å². The highest BCUT2D eigenvalue weighted by Gasteiger charge is 2.43. The van der Waals surface area contributed by atoms with Gasteiger partial charge >= 0.3 is 0 Å². The fourth-order valence-corrected chi connectivity index (χ4v) is 3.72. The van der Waals surface area contributed by atoms with Crippen LogP contribution < -0.4 is 4.74 Å². The Balaban J connectivity index is 1.65. The largest absolute Gasteiger partial charge is 0.488 e. The lowest BCUT2D eigenvalue weighted by Crippen LogP contribution is -2.42. The maximum Gasteiger partial charge on any atom is 0.248 e. The number of halogens is 1. The molecular formula is C16H20ClNO4. The van der Waals surface area contributed by atoms with Gasteiger partial charge in [0.2, 0.25) is 5.91 Å². The van der Waals surface area contributed by atoms with Gasteiger partial charge in [0.05, 0.1) is 6.10 Å². The monoisotopic (exact) mass is 325 g/mol. The molecule has 0 aromatic heterocycles. The Morgan fingerprint density at radius 3 is 2.73 bits per heavy atom. The number of amides is 1. The fourth-order valence-electron chi connectivity index (χ4n) is 3.54. The molecule has 2 fully saturated rings. The summed E-state index contributed by atoms with van der Waals surface area (Å²) in [6, 6.07) is 7.14. The Bertz CT molecular complexity index is 553. The summed E-state index contributed by atoms with van der Waals surface area (Å²) in [5.74, 6) is 1.00. The van der Waals surface area contributed by atoms with Crippen LogP contribution in [0.15, 0.2) is 24.3 Å². The molecule has 0 spiro atoms. The van der Waals surface area contributed by atoms with Crippen molar-refractivity contribution in [1.82, 2.24) is 4.90 Å². The summed E-state index contributed by atoms with van der Waals surface area (Å²) in [5.41, 5.74) is 0. The fraction of sp³-hybridized carbons (Fsp3) is 0.562. The number of ether oxygens (including phenoxy) is 1. The summed E-state index contributed by atoms with van der Waals surface area (Å²) in [5, 5.41) is 19.9. The second kappa shape index (κ2) is 6.44. The van der Waals surface area contributed by atoms with Gasteiger partial charge in [-0.1, -0.05) is 17.7 Å². The van der Waals surface area contributed by atoms with Gasteiger partial charge in [0.1, 0.15) is 18.5 Å². The van der Waals surface area contributed by atoms with Gasteiger partial charge in [-0.15, -0.1) is 0 Å². The Kier molecular flexibility index (Phi) is 4.57. The van der Waals surface area contributed by atoms with Crippen molar-refractivity contribution in [2.45, 2.75) is 25.0 Å². The molecule has 0 bridgehead atoms. The van der Waals surface area contributed by atoms with Crippen LogP contribution in [0.1, 0.15) is 12.8 Å². The number of carbonyl (C=O) groups excluding carboxylic acids is 1. The molecule has 2 N–H and O–H groups in total. The molecule has 1 heterocycles. The molecule has 1 amide bonds. The van der Waals surface area contributed by atoms with Crippen molar-refractivity contribution < 1.29 is 19.7 Å². The van der Waals surface area contributed by atoms with Gasteiger partial charge in [-0.2, -0.15) is 0 Å². The number of aliphatic hydroxyl groups is 2. The standard InChI is InChI=1S/C16H20ClNO4/c17-12-2-1-3-13(6-12)22-15-5-11-8-18(16(21)9-19)7-10(11)4-14(15)20/h1-3,6,10-11,14-15,19-20H,4-5,7-9H2/t10-,11+,14+,15+/m0/s1. The first kappa shape index (κ1) is 15.6. The molecular weight excluding hydrogens is 306 g/mol. The van der Waals surface area contributed by atoms with E-state index in [0.717, 1.165) is 0 Å². The van der Waals surface area contributed by atoms with Crippen LogP contribution >= 0.6 is 11.6 Å². The van der Waals surface area contributed by atoms with Crippen molar-refractivity contribution in [2.24, 2.45) is 11.8 Å². The zero-order valence-electron chi connectivity index (χ0n) is 12.2. The van der Waals surface area contributed by atoms with Crippen LogP contribution in [0.3, 0.4) is 0 Å². The first-order chi connectivity index (χ1) is 10.6. The Hall–Kier alpha value is -1.30.